The second-order valence-corrected chi connectivity index (χ2v) is 7.12. The minimum Gasteiger partial charge on any atom is -0.481 e. The molecule has 0 aliphatic heterocycles. The quantitative estimate of drug-likeness (QED) is 0.850. The zero-order chi connectivity index (χ0) is 14.5. The number of carboxylic acid groups (broad SMARTS) is 1. The molecule has 1 N–H and O–H groups in total. The summed E-state index contributed by atoms with van der Waals surface area (Å²) in [6.07, 6.45) is 5.39. The van der Waals surface area contributed by atoms with Crippen LogP contribution in [-0.2, 0) is 4.79 Å². The highest BCUT2D eigenvalue weighted by molar-refractivity contribution is 8.00. The molecule has 0 radical (unpaired) electrons. The van der Waals surface area contributed by atoms with E-state index in [1.165, 1.54) is 23.3 Å². The largest absolute Gasteiger partial charge is 0.481 e. The zero-order valence-electron chi connectivity index (χ0n) is 12.3. The number of carboxylic acids is 1. The normalized spacial score (nSPS) is 26.4. The fourth-order valence-electron chi connectivity index (χ4n) is 3.15. The predicted molar refractivity (Wildman–Crippen MR) is 84.2 cm³/mol. The van der Waals surface area contributed by atoms with Crippen molar-refractivity contribution in [2.45, 2.75) is 56.1 Å². The first-order valence-electron chi connectivity index (χ1n) is 7.57. The molecule has 0 spiro atoms. The number of aliphatic carboxylic acids is 1. The van der Waals surface area contributed by atoms with E-state index in [9.17, 15) is 9.90 Å². The molecule has 1 fully saturated rings. The number of hydrogen-bond donors (Lipinski definition) is 1. The van der Waals surface area contributed by atoms with E-state index in [-0.39, 0.29) is 11.2 Å². The average molecular weight is 292 g/mol. The van der Waals surface area contributed by atoms with Crippen molar-refractivity contribution >= 4 is 17.7 Å². The lowest BCUT2D eigenvalue weighted by molar-refractivity contribution is -0.142. The van der Waals surface area contributed by atoms with Crippen molar-refractivity contribution in [3.63, 3.8) is 0 Å². The molecule has 0 bridgehead atoms. The van der Waals surface area contributed by atoms with Gasteiger partial charge in [0.15, 0.2) is 0 Å². The van der Waals surface area contributed by atoms with Gasteiger partial charge < -0.3 is 5.11 Å². The first-order chi connectivity index (χ1) is 9.61. The number of aryl methyl sites for hydroxylation is 1. The maximum Gasteiger partial charge on any atom is 0.307 e. The summed E-state index contributed by atoms with van der Waals surface area (Å²) >= 11 is 1.78. The Hall–Kier alpha value is -0.960. The minimum absolute atomic E-state index is 0.187. The van der Waals surface area contributed by atoms with Crippen molar-refractivity contribution in [2.75, 3.05) is 0 Å². The summed E-state index contributed by atoms with van der Waals surface area (Å²) < 4.78 is 0. The second-order valence-electron chi connectivity index (χ2n) is 5.83. The molecule has 1 saturated carbocycles. The van der Waals surface area contributed by atoms with Crippen LogP contribution in [0.15, 0.2) is 29.2 Å². The molecule has 1 aliphatic carbocycles. The molecule has 3 unspecified atom stereocenters. The molecular formula is C17H24O2S. The maximum absolute atomic E-state index is 11.5. The molecule has 3 atom stereocenters. The number of thioether (sulfide) groups is 1. The molecule has 2 rings (SSSR count). The van der Waals surface area contributed by atoms with E-state index in [4.69, 9.17) is 0 Å². The SMILES string of the molecule is CCCC1CCC(C(=O)O)C(Sc2ccccc2C)C1. The summed E-state index contributed by atoms with van der Waals surface area (Å²) in [7, 11) is 0. The van der Waals surface area contributed by atoms with Gasteiger partial charge in [-0.1, -0.05) is 38.0 Å². The molecule has 20 heavy (non-hydrogen) atoms. The van der Waals surface area contributed by atoms with Gasteiger partial charge in [-0.25, -0.2) is 0 Å². The van der Waals surface area contributed by atoms with E-state index >= 15 is 0 Å². The van der Waals surface area contributed by atoms with Crippen LogP contribution in [0.25, 0.3) is 0 Å². The van der Waals surface area contributed by atoms with Crippen molar-refractivity contribution in [1.82, 2.24) is 0 Å². The first-order valence-corrected chi connectivity index (χ1v) is 8.44. The van der Waals surface area contributed by atoms with Gasteiger partial charge in [-0.3, -0.25) is 4.79 Å². The maximum atomic E-state index is 11.5. The lowest BCUT2D eigenvalue weighted by Gasteiger charge is -2.33. The van der Waals surface area contributed by atoms with Gasteiger partial charge in [0.2, 0.25) is 0 Å². The Bertz CT molecular complexity index is 458. The smallest absolute Gasteiger partial charge is 0.307 e. The molecular weight excluding hydrogens is 268 g/mol. The van der Waals surface area contributed by atoms with E-state index in [1.54, 1.807) is 11.8 Å². The van der Waals surface area contributed by atoms with Crippen LogP contribution in [0.5, 0.6) is 0 Å². The van der Waals surface area contributed by atoms with Crippen molar-refractivity contribution in [2.24, 2.45) is 11.8 Å². The van der Waals surface area contributed by atoms with E-state index in [2.05, 4.69) is 26.0 Å². The Morgan fingerprint density at radius 3 is 2.75 bits per heavy atom. The summed E-state index contributed by atoms with van der Waals surface area (Å²) in [4.78, 5) is 12.7. The highest BCUT2D eigenvalue weighted by Gasteiger charge is 2.35. The Morgan fingerprint density at radius 1 is 1.35 bits per heavy atom. The molecule has 0 amide bonds. The standard InChI is InChI=1S/C17H24O2S/c1-3-6-13-9-10-14(17(18)19)16(11-13)20-15-8-5-4-7-12(15)2/h4-5,7-8,13-14,16H,3,6,9-11H2,1-2H3,(H,18,19). The third kappa shape index (κ3) is 3.78. The van der Waals surface area contributed by atoms with Gasteiger partial charge in [-0.15, -0.1) is 11.8 Å². The Balaban J connectivity index is 2.11. The number of benzene rings is 1. The third-order valence-corrected chi connectivity index (χ3v) is 5.82. The Kier molecular flexibility index (Phi) is 5.53. The number of rotatable bonds is 5. The lowest BCUT2D eigenvalue weighted by Crippen LogP contribution is -2.32. The van der Waals surface area contributed by atoms with E-state index in [0.29, 0.717) is 5.92 Å². The predicted octanol–water partition coefficient (Wildman–Crippen LogP) is 4.76. The summed E-state index contributed by atoms with van der Waals surface area (Å²) in [6.45, 7) is 4.32. The summed E-state index contributed by atoms with van der Waals surface area (Å²) in [5.74, 6) is -0.101. The van der Waals surface area contributed by atoms with Crippen molar-refractivity contribution < 1.29 is 9.90 Å². The summed E-state index contributed by atoms with van der Waals surface area (Å²) in [6, 6.07) is 8.29. The van der Waals surface area contributed by atoms with Gasteiger partial charge in [0.05, 0.1) is 5.92 Å². The van der Waals surface area contributed by atoms with Crippen LogP contribution < -0.4 is 0 Å². The molecule has 0 saturated heterocycles. The van der Waals surface area contributed by atoms with Crippen LogP contribution in [0.3, 0.4) is 0 Å². The molecule has 2 nitrogen and oxygen atoms in total. The van der Waals surface area contributed by atoms with Crippen LogP contribution in [-0.4, -0.2) is 16.3 Å². The van der Waals surface area contributed by atoms with Crippen LogP contribution in [0.4, 0.5) is 0 Å². The fourth-order valence-corrected chi connectivity index (χ4v) is 4.67. The topological polar surface area (TPSA) is 37.3 Å². The van der Waals surface area contributed by atoms with Crippen LogP contribution >= 0.6 is 11.8 Å². The molecule has 110 valence electrons. The summed E-state index contributed by atoms with van der Waals surface area (Å²) in [5.41, 5.74) is 1.25. The van der Waals surface area contributed by atoms with Crippen LogP contribution in [0, 0.1) is 18.8 Å². The molecule has 0 aromatic heterocycles. The molecule has 1 aliphatic rings. The zero-order valence-corrected chi connectivity index (χ0v) is 13.2. The van der Waals surface area contributed by atoms with E-state index in [0.717, 1.165) is 19.3 Å². The number of carbonyl (C=O) groups is 1. The van der Waals surface area contributed by atoms with Gasteiger partial charge in [0, 0.05) is 10.1 Å². The van der Waals surface area contributed by atoms with Gasteiger partial charge in [-0.2, -0.15) is 0 Å². The van der Waals surface area contributed by atoms with Gasteiger partial charge in [0.25, 0.3) is 0 Å². The molecule has 1 aromatic rings. The van der Waals surface area contributed by atoms with Crippen LogP contribution in [0.2, 0.25) is 0 Å². The molecule has 1 aromatic carbocycles. The number of hydrogen-bond acceptors (Lipinski definition) is 2. The monoisotopic (exact) mass is 292 g/mol. The summed E-state index contributed by atoms with van der Waals surface area (Å²) in [5, 5.41) is 9.68. The highest BCUT2D eigenvalue weighted by atomic mass is 32.2. The second kappa shape index (κ2) is 7.16. The van der Waals surface area contributed by atoms with Crippen molar-refractivity contribution in [3.05, 3.63) is 29.8 Å². The van der Waals surface area contributed by atoms with Gasteiger partial charge in [0.1, 0.15) is 0 Å². The molecule has 0 heterocycles. The molecule has 3 heteroatoms. The Morgan fingerprint density at radius 2 is 2.10 bits per heavy atom. The minimum atomic E-state index is -0.619. The fraction of sp³-hybridized carbons (Fsp3) is 0.588. The highest BCUT2D eigenvalue weighted by Crippen LogP contribution is 2.42. The van der Waals surface area contributed by atoms with Gasteiger partial charge >= 0.3 is 5.97 Å². The Labute approximate surface area is 126 Å². The van der Waals surface area contributed by atoms with Crippen molar-refractivity contribution in [1.29, 1.82) is 0 Å². The first kappa shape index (κ1) is 15.4. The van der Waals surface area contributed by atoms with Gasteiger partial charge in [-0.05, 0) is 43.7 Å². The third-order valence-electron chi connectivity index (χ3n) is 4.29. The van der Waals surface area contributed by atoms with Crippen LogP contribution in [0.1, 0.15) is 44.6 Å². The van der Waals surface area contributed by atoms with Crippen molar-refractivity contribution in [3.8, 4) is 0 Å². The van der Waals surface area contributed by atoms with E-state index < -0.39 is 5.97 Å². The average Bonchev–Trinajstić information content (AvgIpc) is 2.42. The van der Waals surface area contributed by atoms with E-state index in [1.807, 2.05) is 12.1 Å². The lowest BCUT2D eigenvalue weighted by atomic mass is 9.80.